The molecule has 0 aliphatic carbocycles. The van der Waals surface area contributed by atoms with Crippen molar-refractivity contribution in [2.24, 2.45) is 0 Å². The molecule has 4 nitrogen and oxygen atoms in total. The van der Waals surface area contributed by atoms with Crippen molar-refractivity contribution in [1.29, 1.82) is 0 Å². The zero-order valence-corrected chi connectivity index (χ0v) is 11.4. The summed E-state index contributed by atoms with van der Waals surface area (Å²) < 4.78 is 0. The molecular weight excluding hydrogens is 226 g/mol. The van der Waals surface area contributed by atoms with Gasteiger partial charge in [-0.2, -0.15) is 0 Å². The summed E-state index contributed by atoms with van der Waals surface area (Å²) in [5, 5.41) is 3.24. The monoisotopic (exact) mass is 249 g/mol. The third-order valence-corrected chi connectivity index (χ3v) is 2.82. The van der Waals surface area contributed by atoms with E-state index in [1.807, 2.05) is 21.0 Å². The van der Waals surface area contributed by atoms with Gasteiger partial charge in [0.25, 0.3) is 0 Å². The van der Waals surface area contributed by atoms with Gasteiger partial charge in [-0.05, 0) is 64.8 Å². The third-order valence-electron chi connectivity index (χ3n) is 2.82. The highest BCUT2D eigenvalue weighted by molar-refractivity contribution is 6.00. The van der Waals surface area contributed by atoms with E-state index in [0.29, 0.717) is 11.3 Å². The fraction of sp³-hybridized carbons (Fsp3) is 0.500. The number of anilines is 1. The van der Waals surface area contributed by atoms with Crippen molar-refractivity contribution < 1.29 is 4.79 Å². The van der Waals surface area contributed by atoms with Gasteiger partial charge in [0.1, 0.15) is 0 Å². The molecule has 0 aromatic heterocycles. The summed E-state index contributed by atoms with van der Waals surface area (Å²) in [5.74, 6) is 0.111. The molecule has 3 N–H and O–H groups in total. The van der Waals surface area contributed by atoms with E-state index in [1.165, 1.54) is 0 Å². The predicted molar refractivity (Wildman–Crippen MR) is 75.8 cm³/mol. The van der Waals surface area contributed by atoms with Crippen LogP contribution >= 0.6 is 0 Å². The number of nitrogens with one attached hydrogen (secondary N) is 1. The Hall–Kier alpha value is -1.39. The van der Waals surface area contributed by atoms with Gasteiger partial charge in [-0.25, -0.2) is 0 Å². The summed E-state index contributed by atoms with van der Waals surface area (Å²) in [6, 6.07) is 6.90. The maximum absolute atomic E-state index is 12.1. The molecule has 0 saturated carbocycles. The summed E-state index contributed by atoms with van der Waals surface area (Å²) in [7, 11) is 4.09. The third kappa shape index (κ3) is 4.85. The number of benzene rings is 1. The maximum atomic E-state index is 12.1. The first-order valence-electron chi connectivity index (χ1n) is 6.28. The van der Waals surface area contributed by atoms with Gasteiger partial charge in [-0.15, -0.1) is 0 Å². The number of nitrogens with zero attached hydrogens (tertiary/aromatic N) is 1. The van der Waals surface area contributed by atoms with E-state index in [2.05, 4.69) is 10.2 Å². The molecule has 1 aromatic rings. The first-order valence-corrected chi connectivity index (χ1v) is 6.28. The Bertz CT molecular complexity index is 373. The van der Waals surface area contributed by atoms with Crippen LogP contribution in [0.25, 0.3) is 0 Å². The summed E-state index contributed by atoms with van der Waals surface area (Å²) in [6.07, 6.45) is 1.03. The van der Waals surface area contributed by atoms with Crippen LogP contribution in [0.15, 0.2) is 24.3 Å². The maximum Gasteiger partial charge on any atom is 0.179 e. The Balaban J connectivity index is 2.39. The lowest BCUT2D eigenvalue weighted by molar-refractivity contribution is 0.0951. The van der Waals surface area contributed by atoms with Crippen molar-refractivity contribution in [3.05, 3.63) is 29.8 Å². The molecule has 0 fully saturated rings. The number of hydrogen-bond acceptors (Lipinski definition) is 4. The lowest BCUT2D eigenvalue weighted by atomic mass is 10.1. The smallest absolute Gasteiger partial charge is 0.179 e. The first kappa shape index (κ1) is 14.7. The molecule has 4 heteroatoms. The summed E-state index contributed by atoms with van der Waals surface area (Å²) >= 11 is 0. The molecule has 0 amide bonds. The Labute approximate surface area is 109 Å². The van der Waals surface area contributed by atoms with Crippen LogP contribution < -0.4 is 11.1 Å². The minimum atomic E-state index is -0.157. The molecule has 0 bridgehead atoms. The van der Waals surface area contributed by atoms with Crippen molar-refractivity contribution in [2.45, 2.75) is 19.4 Å². The van der Waals surface area contributed by atoms with E-state index in [4.69, 9.17) is 5.73 Å². The van der Waals surface area contributed by atoms with Gasteiger partial charge in [-0.1, -0.05) is 0 Å². The van der Waals surface area contributed by atoms with Crippen molar-refractivity contribution >= 4 is 11.5 Å². The quantitative estimate of drug-likeness (QED) is 0.435. The number of Topliss-reactive ketones (excluding diaryl/α,β-unsaturated/α-hetero) is 1. The lowest BCUT2D eigenvalue weighted by Crippen LogP contribution is -2.35. The van der Waals surface area contributed by atoms with Crippen molar-refractivity contribution in [2.75, 3.05) is 32.9 Å². The number of carbonyl (C=O) groups excluding carboxylic acids is 1. The van der Waals surface area contributed by atoms with E-state index in [9.17, 15) is 4.79 Å². The summed E-state index contributed by atoms with van der Waals surface area (Å²) in [6.45, 7) is 3.77. The molecule has 1 atom stereocenters. The normalized spacial score (nSPS) is 12.7. The van der Waals surface area contributed by atoms with Gasteiger partial charge in [0.15, 0.2) is 5.78 Å². The Morgan fingerprint density at radius 3 is 2.50 bits per heavy atom. The average molecular weight is 249 g/mol. The van der Waals surface area contributed by atoms with Crippen molar-refractivity contribution in [3.63, 3.8) is 0 Å². The molecule has 1 rings (SSSR count). The Kier molecular flexibility index (Phi) is 5.82. The number of ketones is 1. The van der Waals surface area contributed by atoms with E-state index in [1.54, 1.807) is 24.3 Å². The molecule has 18 heavy (non-hydrogen) atoms. The van der Waals surface area contributed by atoms with Gasteiger partial charge in [0.2, 0.25) is 0 Å². The standard InChI is InChI=1S/C14H23N3O/c1-11(16-9-4-10-17(2)3)14(18)12-5-7-13(15)8-6-12/h5-8,11,16H,4,9-10,15H2,1-3H3. The molecule has 0 saturated heterocycles. The van der Waals surface area contributed by atoms with Crippen LogP contribution in [-0.2, 0) is 0 Å². The molecule has 0 radical (unpaired) electrons. The highest BCUT2D eigenvalue weighted by atomic mass is 16.1. The van der Waals surface area contributed by atoms with E-state index >= 15 is 0 Å². The Morgan fingerprint density at radius 2 is 1.94 bits per heavy atom. The van der Waals surface area contributed by atoms with Gasteiger partial charge in [0.05, 0.1) is 6.04 Å². The fourth-order valence-corrected chi connectivity index (χ4v) is 1.70. The molecule has 0 heterocycles. The topological polar surface area (TPSA) is 58.4 Å². The number of nitrogen functional groups attached to an aromatic ring is 1. The van der Waals surface area contributed by atoms with E-state index < -0.39 is 0 Å². The van der Waals surface area contributed by atoms with E-state index in [0.717, 1.165) is 19.5 Å². The number of carbonyl (C=O) groups is 1. The second-order valence-electron chi connectivity index (χ2n) is 4.82. The van der Waals surface area contributed by atoms with Gasteiger partial charge in [-0.3, -0.25) is 4.79 Å². The largest absolute Gasteiger partial charge is 0.399 e. The molecular formula is C14H23N3O. The molecule has 0 spiro atoms. The van der Waals surface area contributed by atoms with Crippen LogP contribution in [0.5, 0.6) is 0 Å². The molecule has 0 aliphatic rings. The predicted octanol–water partition coefficient (Wildman–Crippen LogP) is 1.38. The first-order chi connectivity index (χ1) is 8.50. The van der Waals surface area contributed by atoms with Crippen LogP contribution in [0.2, 0.25) is 0 Å². The second kappa shape index (κ2) is 7.13. The van der Waals surface area contributed by atoms with Gasteiger partial charge in [0, 0.05) is 11.3 Å². The van der Waals surface area contributed by atoms with Crippen LogP contribution in [-0.4, -0.2) is 43.9 Å². The zero-order chi connectivity index (χ0) is 13.5. The highest BCUT2D eigenvalue weighted by Gasteiger charge is 2.13. The summed E-state index contributed by atoms with van der Waals surface area (Å²) in [4.78, 5) is 14.2. The van der Waals surface area contributed by atoms with Gasteiger partial charge < -0.3 is 16.0 Å². The molecule has 1 aromatic carbocycles. The SMILES string of the molecule is CC(NCCCN(C)C)C(=O)c1ccc(N)cc1. The average Bonchev–Trinajstić information content (AvgIpc) is 2.34. The van der Waals surface area contributed by atoms with Crippen molar-refractivity contribution in [1.82, 2.24) is 10.2 Å². The summed E-state index contributed by atoms with van der Waals surface area (Å²) in [5.41, 5.74) is 6.98. The van der Waals surface area contributed by atoms with Crippen LogP contribution in [0, 0.1) is 0 Å². The van der Waals surface area contributed by atoms with Gasteiger partial charge >= 0.3 is 0 Å². The van der Waals surface area contributed by atoms with Crippen LogP contribution in [0.3, 0.4) is 0 Å². The number of hydrogen-bond donors (Lipinski definition) is 2. The molecule has 1 unspecified atom stereocenters. The van der Waals surface area contributed by atoms with E-state index in [-0.39, 0.29) is 11.8 Å². The second-order valence-corrected chi connectivity index (χ2v) is 4.82. The minimum Gasteiger partial charge on any atom is -0.399 e. The number of nitrogens with two attached hydrogens (primary N) is 1. The van der Waals surface area contributed by atoms with Crippen LogP contribution in [0.1, 0.15) is 23.7 Å². The Morgan fingerprint density at radius 1 is 1.33 bits per heavy atom. The minimum absolute atomic E-state index is 0.111. The molecule has 100 valence electrons. The van der Waals surface area contributed by atoms with Crippen molar-refractivity contribution in [3.8, 4) is 0 Å². The van der Waals surface area contributed by atoms with Crippen LogP contribution in [0.4, 0.5) is 5.69 Å². The highest BCUT2D eigenvalue weighted by Crippen LogP contribution is 2.08. The fourth-order valence-electron chi connectivity index (χ4n) is 1.70. The molecule has 0 aliphatic heterocycles. The lowest BCUT2D eigenvalue weighted by Gasteiger charge is -2.14. The zero-order valence-electron chi connectivity index (χ0n) is 11.4. The number of rotatable bonds is 7.